The Bertz CT molecular complexity index is 413. The molecule has 1 atom stereocenters. The van der Waals surface area contributed by atoms with Crippen molar-refractivity contribution in [3.8, 4) is 0 Å². The molecule has 0 aromatic heterocycles. The lowest BCUT2D eigenvalue weighted by atomic mass is 9.79. The Morgan fingerprint density at radius 2 is 2.00 bits per heavy atom. The van der Waals surface area contributed by atoms with Crippen LogP contribution >= 0.6 is 15.9 Å². The highest BCUT2D eigenvalue weighted by Crippen LogP contribution is 2.33. The number of aliphatic hydroxyl groups excluding tert-OH is 1. The van der Waals surface area contributed by atoms with E-state index in [-0.39, 0.29) is 0 Å². The van der Waals surface area contributed by atoms with Crippen molar-refractivity contribution >= 4 is 21.9 Å². The Morgan fingerprint density at radius 3 is 2.44 bits per heavy atom. The first-order valence-electron chi connectivity index (χ1n) is 4.94. The molecule has 0 saturated heterocycles. The zero-order valence-corrected chi connectivity index (χ0v) is 11.1. The summed E-state index contributed by atoms with van der Waals surface area (Å²) in [6.07, 6.45) is -1.42. The van der Waals surface area contributed by atoms with Crippen molar-refractivity contribution in [1.29, 1.82) is 0 Å². The first-order valence-corrected chi connectivity index (χ1v) is 5.73. The maximum absolute atomic E-state index is 10.8. The van der Waals surface area contributed by atoms with Crippen LogP contribution in [-0.4, -0.2) is 22.3 Å². The maximum atomic E-state index is 10.8. The summed E-state index contributed by atoms with van der Waals surface area (Å²) in [7, 11) is 0. The van der Waals surface area contributed by atoms with E-state index in [1.165, 1.54) is 0 Å². The molecule has 0 aliphatic carbocycles. The van der Waals surface area contributed by atoms with Crippen molar-refractivity contribution < 1.29 is 15.0 Å². The number of hydrogen-bond acceptors (Lipinski definition) is 2. The molecule has 0 bridgehead atoms. The molecule has 0 radical (unpaired) electrons. The van der Waals surface area contributed by atoms with Gasteiger partial charge >= 0.3 is 5.97 Å². The molecule has 16 heavy (non-hydrogen) atoms. The third kappa shape index (κ3) is 2.44. The first kappa shape index (κ1) is 13.2. The summed E-state index contributed by atoms with van der Waals surface area (Å²) in [4.78, 5) is 10.8. The van der Waals surface area contributed by atoms with E-state index >= 15 is 0 Å². The number of hydrogen-bond donors (Lipinski definition) is 2. The topological polar surface area (TPSA) is 57.5 Å². The molecule has 0 amide bonds. The van der Waals surface area contributed by atoms with Gasteiger partial charge in [-0.2, -0.15) is 0 Å². The van der Waals surface area contributed by atoms with Crippen LogP contribution in [0.2, 0.25) is 0 Å². The molecule has 0 fully saturated rings. The van der Waals surface area contributed by atoms with E-state index in [1.807, 2.05) is 25.1 Å². The van der Waals surface area contributed by atoms with Crippen LogP contribution in [0.15, 0.2) is 22.7 Å². The number of carboxylic acid groups (broad SMARTS) is 1. The number of carboxylic acids is 1. The van der Waals surface area contributed by atoms with Crippen LogP contribution in [0.1, 0.15) is 25.0 Å². The number of aryl methyl sites for hydroxylation is 1. The van der Waals surface area contributed by atoms with E-state index in [0.29, 0.717) is 0 Å². The van der Waals surface area contributed by atoms with Gasteiger partial charge in [-0.25, -0.2) is 4.79 Å². The van der Waals surface area contributed by atoms with Gasteiger partial charge in [-0.15, -0.1) is 0 Å². The van der Waals surface area contributed by atoms with E-state index in [4.69, 9.17) is 5.11 Å². The molecule has 0 aliphatic rings. The molecule has 4 heteroatoms. The standard InChI is InChI=1S/C12H15BrO3/c1-7-4-5-8(9(13)6-7)12(2,3)10(14)11(15)16/h4-6,10,14H,1-3H3,(H,15,16). The van der Waals surface area contributed by atoms with Gasteiger partial charge in [0.05, 0.1) is 0 Å². The lowest BCUT2D eigenvalue weighted by Gasteiger charge is -2.29. The average molecular weight is 287 g/mol. The molecular weight excluding hydrogens is 272 g/mol. The predicted molar refractivity (Wildman–Crippen MR) is 65.5 cm³/mol. The lowest BCUT2D eigenvalue weighted by Crippen LogP contribution is -2.40. The van der Waals surface area contributed by atoms with Crippen LogP contribution in [-0.2, 0) is 10.2 Å². The van der Waals surface area contributed by atoms with E-state index in [9.17, 15) is 9.90 Å². The molecule has 1 unspecified atom stereocenters. The normalized spacial score (nSPS) is 13.6. The van der Waals surface area contributed by atoms with Gasteiger partial charge in [0.2, 0.25) is 0 Å². The third-order valence-corrected chi connectivity index (χ3v) is 3.39. The number of halogens is 1. The summed E-state index contributed by atoms with van der Waals surface area (Å²) in [5, 5.41) is 18.5. The molecule has 3 nitrogen and oxygen atoms in total. The lowest BCUT2D eigenvalue weighted by molar-refractivity contribution is -0.150. The minimum atomic E-state index is -1.42. The number of aliphatic hydroxyl groups is 1. The van der Waals surface area contributed by atoms with Crippen molar-refractivity contribution in [3.05, 3.63) is 33.8 Å². The first-order chi connectivity index (χ1) is 7.26. The Balaban J connectivity index is 3.21. The molecule has 1 aromatic rings. The summed E-state index contributed by atoms with van der Waals surface area (Å²) in [6.45, 7) is 5.37. The minimum absolute atomic E-state index is 0.785. The zero-order valence-electron chi connectivity index (χ0n) is 9.49. The maximum Gasteiger partial charge on any atom is 0.333 e. The fourth-order valence-electron chi connectivity index (χ4n) is 1.60. The largest absolute Gasteiger partial charge is 0.479 e. The molecule has 0 aliphatic heterocycles. The van der Waals surface area contributed by atoms with Gasteiger partial charge in [-0.3, -0.25) is 0 Å². The Labute approximate surface area is 103 Å². The number of carbonyl (C=O) groups is 1. The van der Waals surface area contributed by atoms with Gasteiger partial charge in [0, 0.05) is 9.89 Å². The average Bonchev–Trinajstić information content (AvgIpc) is 2.15. The Hall–Kier alpha value is -0.870. The van der Waals surface area contributed by atoms with Crippen molar-refractivity contribution in [2.45, 2.75) is 32.3 Å². The van der Waals surface area contributed by atoms with Gasteiger partial charge in [0.25, 0.3) is 0 Å². The molecule has 1 aromatic carbocycles. The van der Waals surface area contributed by atoms with Crippen LogP contribution < -0.4 is 0 Å². The fourth-order valence-corrected chi connectivity index (χ4v) is 2.60. The molecule has 0 saturated carbocycles. The molecule has 0 spiro atoms. The minimum Gasteiger partial charge on any atom is -0.479 e. The van der Waals surface area contributed by atoms with E-state index in [1.54, 1.807) is 13.8 Å². The van der Waals surface area contributed by atoms with Crippen LogP contribution in [0, 0.1) is 6.92 Å². The van der Waals surface area contributed by atoms with Crippen molar-refractivity contribution in [1.82, 2.24) is 0 Å². The third-order valence-electron chi connectivity index (χ3n) is 2.74. The highest BCUT2D eigenvalue weighted by molar-refractivity contribution is 9.10. The highest BCUT2D eigenvalue weighted by Gasteiger charge is 2.36. The van der Waals surface area contributed by atoms with Crippen LogP contribution in [0.3, 0.4) is 0 Å². The van der Waals surface area contributed by atoms with Gasteiger partial charge in [-0.1, -0.05) is 41.9 Å². The van der Waals surface area contributed by atoms with Crippen LogP contribution in [0.5, 0.6) is 0 Å². The predicted octanol–water partition coefficient (Wildman–Crippen LogP) is 2.48. The van der Waals surface area contributed by atoms with Gasteiger partial charge in [0.1, 0.15) is 0 Å². The number of aliphatic carboxylic acids is 1. The van der Waals surface area contributed by atoms with Crippen LogP contribution in [0.25, 0.3) is 0 Å². The van der Waals surface area contributed by atoms with Crippen molar-refractivity contribution in [2.75, 3.05) is 0 Å². The van der Waals surface area contributed by atoms with Gasteiger partial charge in [-0.05, 0) is 24.1 Å². The second-order valence-corrected chi connectivity index (χ2v) is 5.30. The smallest absolute Gasteiger partial charge is 0.333 e. The SMILES string of the molecule is Cc1ccc(C(C)(C)C(O)C(=O)O)c(Br)c1. The van der Waals surface area contributed by atoms with Gasteiger partial charge in [0.15, 0.2) is 6.10 Å². The summed E-state index contributed by atoms with van der Waals surface area (Å²) in [5.41, 5.74) is 1.03. The fraction of sp³-hybridized carbons (Fsp3) is 0.417. The zero-order chi connectivity index (χ0) is 12.5. The van der Waals surface area contributed by atoms with Crippen molar-refractivity contribution in [2.24, 2.45) is 0 Å². The quantitative estimate of drug-likeness (QED) is 0.898. The highest BCUT2D eigenvalue weighted by atomic mass is 79.9. The Kier molecular flexibility index (Phi) is 3.76. The van der Waals surface area contributed by atoms with Crippen molar-refractivity contribution in [3.63, 3.8) is 0 Å². The van der Waals surface area contributed by atoms with E-state index in [2.05, 4.69) is 15.9 Å². The molecule has 2 N–H and O–H groups in total. The summed E-state index contributed by atoms with van der Waals surface area (Å²) >= 11 is 3.40. The van der Waals surface area contributed by atoms with E-state index in [0.717, 1.165) is 15.6 Å². The second kappa shape index (κ2) is 4.55. The number of rotatable bonds is 3. The summed E-state index contributed by atoms with van der Waals surface area (Å²) in [5.74, 6) is -1.21. The summed E-state index contributed by atoms with van der Waals surface area (Å²) < 4.78 is 0.817. The molecule has 88 valence electrons. The van der Waals surface area contributed by atoms with Gasteiger partial charge < -0.3 is 10.2 Å². The Morgan fingerprint density at radius 1 is 1.44 bits per heavy atom. The van der Waals surface area contributed by atoms with E-state index < -0.39 is 17.5 Å². The molecule has 1 rings (SSSR count). The number of benzene rings is 1. The monoisotopic (exact) mass is 286 g/mol. The second-order valence-electron chi connectivity index (χ2n) is 4.45. The molecule has 0 heterocycles. The van der Waals surface area contributed by atoms with Crippen LogP contribution in [0.4, 0.5) is 0 Å². The molecular formula is C12H15BrO3. The summed E-state index contributed by atoms with van der Waals surface area (Å²) in [6, 6.07) is 5.65.